The van der Waals surface area contributed by atoms with E-state index >= 15 is 0 Å². The Balaban J connectivity index is 0.000000339. The molecule has 3 N–H and O–H groups in total. The van der Waals surface area contributed by atoms with Gasteiger partial charge in [0.1, 0.15) is 0 Å². The molecule has 0 saturated heterocycles. The third kappa shape index (κ3) is 11.6. The maximum atomic E-state index is 8.54. The topological polar surface area (TPSA) is 60.7 Å². The van der Waals surface area contributed by atoms with Crippen LogP contribution in [0.1, 0.15) is 16.7 Å². The summed E-state index contributed by atoms with van der Waals surface area (Å²) in [5.41, 5.74) is 2.90. The Bertz CT molecular complexity index is 537. The van der Waals surface area contributed by atoms with E-state index in [0.29, 0.717) is 0 Å². The number of aliphatic hydroxyl groups excluding tert-OH is 3. The summed E-state index contributed by atoms with van der Waals surface area (Å²) in [6, 6.07) is 28.6. The van der Waals surface area contributed by atoms with E-state index in [-0.39, 0.29) is 46.0 Å². The standard InChI is InChI=1S/3C7H8O.Zr/c3*8-6-7-4-2-1-3-5-7;/h3*1-5,8H,6H2;. The molecule has 3 aromatic rings. The van der Waals surface area contributed by atoms with Crippen molar-refractivity contribution in [1.82, 2.24) is 0 Å². The molecule has 0 aliphatic carbocycles. The van der Waals surface area contributed by atoms with Gasteiger partial charge in [-0.25, -0.2) is 0 Å². The molecule has 0 aliphatic rings. The Morgan fingerprint density at radius 3 is 0.720 bits per heavy atom. The first-order chi connectivity index (χ1) is 11.8. The van der Waals surface area contributed by atoms with Crippen molar-refractivity contribution >= 4 is 0 Å². The number of hydrogen-bond donors (Lipinski definition) is 3. The molecular weight excluding hydrogens is 391 g/mol. The maximum Gasteiger partial charge on any atom is 0.0681 e. The second-order valence-electron chi connectivity index (χ2n) is 4.93. The van der Waals surface area contributed by atoms with Crippen molar-refractivity contribution < 1.29 is 41.5 Å². The molecule has 0 amide bonds. The van der Waals surface area contributed by atoms with Crippen molar-refractivity contribution in [3.63, 3.8) is 0 Å². The van der Waals surface area contributed by atoms with Gasteiger partial charge in [-0.05, 0) is 16.7 Å². The predicted molar refractivity (Wildman–Crippen MR) is 97.1 cm³/mol. The van der Waals surface area contributed by atoms with Gasteiger partial charge in [0, 0.05) is 26.2 Å². The van der Waals surface area contributed by atoms with Crippen LogP contribution in [0.15, 0.2) is 91.0 Å². The summed E-state index contributed by atoms with van der Waals surface area (Å²) in [5.74, 6) is 0. The van der Waals surface area contributed by atoms with E-state index in [1.54, 1.807) is 0 Å². The zero-order valence-electron chi connectivity index (χ0n) is 14.1. The summed E-state index contributed by atoms with van der Waals surface area (Å²) >= 11 is 0. The molecule has 4 heteroatoms. The van der Waals surface area contributed by atoms with Crippen molar-refractivity contribution in [3.8, 4) is 0 Å². The number of hydrogen-bond acceptors (Lipinski definition) is 3. The molecule has 3 aromatic carbocycles. The molecule has 0 atom stereocenters. The quantitative estimate of drug-likeness (QED) is 0.613. The Morgan fingerprint density at radius 2 is 0.600 bits per heavy atom. The normalized spacial score (nSPS) is 8.76. The van der Waals surface area contributed by atoms with Crippen LogP contribution in [0.2, 0.25) is 0 Å². The van der Waals surface area contributed by atoms with Gasteiger partial charge in [-0.1, -0.05) is 91.0 Å². The first-order valence-corrected chi connectivity index (χ1v) is 7.74. The van der Waals surface area contributed by atoms with E-state index in [1.165, 1.54) is 0 Å². The molecule has 0 bridgehead atoms. The second-order valence-corrected chi connectivity index (χ2v) is 4.93. The van der Waals surface area contributed by atoms with Gasteiger partial charge in [-0.3, -0.25) is 0 Å². The molecule has 0 heterocycles. The molecule has 0 aromatic heterocycles. The third-order valence-corrected chi connectivity index (χ3v) is 3.08. The Hall–Kier alpha value is -1.58. The van der Waals surface area contributed by atoms with Gasteiger partial charge < -0.3 is 15.3 Å². The smallest absolute Gasteiger partial charge is 0.0681 e. The average Bonchev–Trinajstić information content (AvgIpc) is 2.71. The fourth-order valence-electron chi connectivity index (χ4n) is 1.75. The van der Waals surface area contributed by atoms with E-state index in [4.69, 9.17) is 15.3 Å². The van der Waals surface area contributed by atoms with Crippen LogP contribution >= 0.6 is 0 Å². The number of benzene rings is 3. The second kappa shape index (κ2) is 15.9. The van der Waals surface area contributed by atoms with Gasteiger partial charge >= 0.3 is 0 Å². The zero-order valence-corrected chi connectivity index (χ0v) is 16.6. The molecule has 25 heavy (non-hydrogen) atoms. The van der Waals surface area contributed by atoms with E-state index in [2.05, 4.69) is 0 Å². The predicted octanol–water partition coefficient (Wildman–Crippen LogP) is 3.53. The summed E-state index contributed by atoms with van der Waals surface area (Å²) in [4.78, 5) is 0. The van der Waals surface area contributed by atoms with Gasteiger partial charge in [-0.15, -0.1) is 0 Å². The molecule has 3 rings (SSSR count). The zero-order chi connectivity index (χ0) is 17.5. The van der Waals surface area contributed by atoms with Crippen LogP contribution in [-0.2, 0) is 46.0 Å². The van der Waals surface area contributed by atoms with Gasteiger partial charge in [0.2, 0.25) is 0 Å². The minimum absolute atomic E-state index is 0. The van der Waals surface area contributed by atoms with Crippen molar-refractivity contribution in [2.75, 3.05) is 0 Å². The summed E-state index contributed by atoms with van der Waals surface area (Å²) in [6.07, 6.45) is 0. The van der Waals surface area contributed by atoms with Crippen molar-refractivity contribution in [2.45, 2.75) is 19.8 Å². The van der Waals surface area contributed by atoms with Gasteiger partial charge in [0.25, 0.3) is 0 Å². The van der Waals surface area contributed by atoms with Crippen LogP contribution in [0.25, 0.3) is 0 Å². The van der Waals surface area contributed by atoms with Crippen molar-refractivity contribution in [1.29, 1.82) is 0 Å². The Morgan fingerprint density at radius 1 is 0.400 bits per heavy atom. The number of rotatable bonds is 3. The molecule has 3 nitrogen and oxygen atoms in total. The fourth-order valence-corrected chi connectivity index (χ4v) is 1.75. The average molecular weight is 416 g/mol. The third-order valence-electron chi connectivity index (χ3n) is 3.08. The summed E-state index contributed by atoms with van der Waals surface area (Å²) in [5, 5.41) is 25.6. The van der Waals surface area contributed by atoms with Gasteiger partial charge in [0.15, 0.2) is 0 Å². The van der Waals surface area contributed by atoms with Crippen LogP contribution < -0.4 is 0 Å². The summed E-state index contributed by atoms with van der Waals surface area (Å²) in [7, 11) is 0. The molecule has 0 spiro atoms. The Labute approximate surface area is 168 Å². The SMILES string of the molecule is OCc1ccccc1.OCc1ccccc1.OCc1ccccc1.[Zr]. The molecule has 130 valence electrons. The van der Waals surface area contributed by atoms with Crippen molar-refractivity contribution in [3.05, 3.63) is 108 Å². The number of aliphatic hydroxyl groups is 3. The molecule has 0 unspecified atom stereocenters. The molecular formula is C21H24O3Zr. The Kier molecular flexibility index (Phi) is 14.9. The fraction of sp³-hybridized carbons (Fsp3) is 0.143. The molecule has 0 saturated carbocycles. The summed E-state index contributed by atoms with van der Waals surface area (Å²) in [6.45, 7) is 0.419. The first kappa shape index (κ1) is 23.4. The van der Waals surface area contributed by atoms with E-state index < -0.39 is 0 Å². The van der Waals surface area contributed by atoms with Gasteiger partial charge in [-0.2, -0.15) is 0 Å². The van der Waals surface area contributed by atoms with Gasteiger partial charge in [0.05, 0.1) is 19.8 Å². The monoisotopic (exact) mass is 414 g/mol. The largest absolute Gasteiger partial charge is 0.392 e. The van der Waals surface area contributed by atoms with Crippen LogP contribution in [0.3, 0.4) is 0 Å². The minimum atomic E-state index is 0. The van der Waals surface area contributed by atoms with E-state index in [9.17, 15) is 0 Å². The van der Waals surface area contributed by atoms with Crippen LogP contribution in [0.5, 0.6) is 0 Å². The molecule has 0 fully saturated rings. The van der Waals surface area contributed by atoms with E-state index in [0.717, 1.165) is 16.7 Å². The minimum Gasteiger partial charge on any atom is -0.392 e. The first-order valence-electron chi connectivity index (χ1n) is 7.74. The molecule has 0 aliphatic heterocycles. The maximum absolute atomic E-state index is 8.54. The van der Waals surface area contributed by atoms with Crippen LogP contribution in [0, 0.1) is 0 Å². The molecule has 0 radical (unpaired) electrons. The van der Waals surface area contributed by atoms with Crippen LogP contribution in [-0.4, -0.2) is 15.3 Å². The van der Waals surface area contributed by atoms with Crippen LogP contribution in [0.4, 0.5) is 0 Å². The van der Waals surface area contributed by atoms with Crippen molar-refractivity contribution in [2.24, 2.45) is 0 Å². The summed E-state index contributed by atoms with van der Waals surface area (Å²) < 4.78 is 0. The van der Waals surface area contributed by atoms with E-state index in [1.807, 2.05) is 91.0 Å².